The van der Waals surface area contributed by atoms with Crippen LogP contribution in [0.2, 0.25) is 0 Å². The van der Waals surface area contributed by atoms with Crippen LogP contribution in [0.3, 0.4) is 0 Å². The number of carbonyl (C=O) groups excluding carboxylic acids is 3. The van der Waals surface area contributed by atoms with E-state index >= 15 is 0 Å². The minimum atomic E-state index is -0.586. The van der Waals surface area contributed by atoms with Crippen molar-refractivity contribution in [1.29, 1.82) is 0 Å². The van der Waals surface area contributed by atoms with Crippen molar-refractivity contribution >= 4 is 34.2 Å². The molecule has 2 rings (SSSR count). The van der Waals surface area contributed by atoms with Gasteiger partial charge in [-0.15, -0.1) is 11.3 Å². The summed E-state index contributed by atoms with van der Waals surface area (Å²) in [5.74, 6) is -1.56. The molecule has 0 saturated carbocycles. The number of aromatic nitrogens is 2. The number of ether oxygens (including phenoxy) is 2. The van der Waals surface area contributed by atoms with E-state index in [1.54, 1.807) is 27.1 Å². The minimum Gasteiger partial charge on any atom is -0.462 e. The first-order valence-corrected chi connectivity index (χ1v) is 8.98. The molecule has 26 heavy (non-hydrogen) atoms. The lowest BCUT2D eigenvalue weighted by atomic mass is 10.1. The summed E-state index contributed by atoms with van der Waals surface area (Å²) in [6.07, 6.45) is 3.63. The van der Waals surface area contributed by atoms with Gasteiger partial charge in [-0.1, -0.05) is 6.92 Å². The van der Waals surface area contributed by atoms with Crippen LogP contribution in [0.5, 0.6) is 0 Å². The van der Waals surface area contributed by atoms with Gasteiger partial charge < -0.3 is 14.8 Å². The SMILES string of the molecule is CCCOC(=O)c1c(NC(=O)c2cnn(C)c2)sc(C(=O)OCC)c1C. The second kappa shape index (κ2) is 8.61. The monoisotopic (exact) mass is 379 g/mol. The normalized spacial score (nSPS) is 10.5. The molecule has 0 fully saturated rings. The van der Waals surface area contributed by atoms with Crippen molar-refractivity contribution < 1.29 is 23.9 Å². The average molecular weight is 379 g/mol. The summed E-state index contributed by atoms with van der Waals surface area (Å²) in [4.78, 5) is 37.2. The minimum absolute atomic E-state index is 0.170. The second-order valence-corrected chi connectivity index (χ2v) is 6.49. The predicted octanol–water partition coefficient (Wildman–Crippen LogP) is 2.79. The number of hydrogen-bond donors (Lipinski definition) is 1. The number of anilines is 1. The van der Waals surface area contributed by atoms with Crippen molar-refractivity contribution in [3.63, 3.8) is 0 Å². The van der Waals surface area contributed by atoms with Crippen LogP contribution in [-0.2, 0) is 16.5 Å². The molecule has 9 heteroatoms. The molecule has 0 aromatic carbocycles. The van der Waals surface area contributed by atoms with Crippen LogP contribution < -0.4 is 5.32 Å². The lowest BCUT2D eigenvalue weighted by molar-refractivity contribution is 0.0506. The zero-order valence-electron chi connectivity index (χ0n) is 15.1. The van der Waals surface area contributed by atoms with Gasteiger partial charge in [-0.25, -0.2) is 9.59 Å². The summed E-state index contributed by atoms with van der Waals surface area (Å²) >= 11 is 0.991. The van der Waals surface area contributed by atoms with E-state index in [2.05, 4.69) is 10.4 Å². The molecule has 0 unspecified atom stereocenters. The fourth-order valence-electron chi connectivity index (χ4n) is 2.22. The average Bonchev–Trinajstić information content (AvgIpc) is 3.16. The van der Waals surface area contributed by atoms with E-state index in [1.165, 1.54) is 10.9 Å². The molecule has 8 nitrogen and oxygen atoms in total. The number of rotatable bonds is 7. The highest BCUT2D eigenvalue weighted by Gasteiger charge is 2.27. The number of nitrogens with zero attached hydrogens (tertiary/aromatic N) is 2. The predicted molar refractivity (Wildman–Crippen MR) is 96.7 cm³/mol. The van der Waals surface area contributed by atoms with Crippen molar-refractivity contribution in [2.45, 2.75) is 27.2 Å². The van der Waals surface area contributed by atoms with Crippen molar-refractivity contribution in [3.8, 4) is 0 Å². The van der Waals surface area contributed by atoms with Gasteiger partial charge in [0, 0.05) is 13.2 Å². The van der Waals surface area contributed by atoms with Gasteiger partial charge in [0.1, 0.15) is 9.88 Å². The third kappa shape index (κ3) is 4.29. The molecule has 0 spiro atoms. The summed E-state index contributed by atoms with van der Waals surface area (Å²) in [7, 11) is 1.69. The fraction of sp³-hybridized carbons (Fsp3) is 0.412. The van der Waals surface area contributed by atoms with Crippen molar-refractivity contribution in [1.82, 2.24) is 9.78 Å². The topological polar surface area (TPSA) is 99.5 Å². The second-order valence-electron chi connectivity index (χ2n) is 5.47. The summed E-state index contributed by atoms with van der Waals surface area (Å²) in [6, 6.07) is 0. The Balaban J connectivity index is 2.38. The van der Waals surface area contributed by atoms with Crippen molar-refractivity contribution in [3.05, 3.63) is 34.0 Å². The molecule has 0 saturated heterocycles. The van der Waals surface area contributed by atoms with E-state index in [1.807, 2.05) is 6.92 Å². The highest BCUT2D eigenvalue weighted by molar-refractivity contribution is 7.18. The van der Waals surface area contributed by atoms with Gasteiger partial charge >= 0.3 is 11.9 Å². The van der Waals surface area contributed by atoms with Gasteiger partial charge in [0.25, 0.3) is 5.91 Å². The first-order valence-electron chi connectivity index (χ1n) is 8.16. The summed E-state index contributed by atoms with van der Waals surface area (Å²) in [5.41, 5.74) is 0.934. The van der Waals surface area contributed by atoms with E-state index in [-0.39, 0.29) is 28.7 Å². The Labute approximate surface area is 155 Å². The number of amides is 1. The Hall–Kier alpha value is -2.68. The molecule has 0 atom stereocenters. The molecule has 1 amide bonds. The summed E-state index contributed by atoms with van der Waals surface area (Å²) in [5, 5.41) is 6.87. The zero-order valence-corrected chi connectivity index (χ0v) is 15.9. The molecule has 0 aliphatic carbocycles. The van der Waals surface area contributed by atoms with Crippen LogP contribution in [0, 0.1) is 6.92 Å². The largest absolute Gasteiger partial charge is 0.462 e. The van der Waals surface area contributed by atoms with Crippen LogP contribution in [0.15, 0.2) is 12.4 Å². The van der Waals surface area contributed by atoms with Crippen LogP contribution in [0.25, 0.3) is 0 Å². The van der Waals surface area contributed by atoms with Gasteiger partial charge in [-0.3, -0.25) is 9.48 Å². The number of carbonyl (C=O) groups is 3. The summed E-state index contributed by atoms with van der Waals surface area (Å²) in [6.45, 7) is 5.66. The number of nitrogens with one attached hydrogen (secondary N) is 1. The lowest BCUT2D eigenvalue weighted by Gasteiger charge is -2.07. The van der Waals surface area contributed by atoms with E-state index in [0.29, 0.717) is 17.5 Å². The highest BCUT2D eigenvalue weighted by atomic mass is 32.1. The van der Waals surface area contributed by atoms with Gasteiger partial charge in [-0.2, -0.15) is 5.10 Å². The molecule has 1 N–H and O–H groups in total. The molecule has 0 radical (unpaired) electrons. The molecule has 140 valence electrons. The molecule has 2 aromatic heterocycles. The first kappa shape index (κ1) is 19.6. The summed E-state index contributed by atoms with van der Waals surface area (Å²) < 4.78 is 11.7. The molecular weight excluding hydrogens is 358 g/mol. The lowest BCUT2D eigenvalue weighted by Crippen LogP contribution is -2.14. The Bertz CT molecular complexity index is 824. The number of hydrogen-bond acceptors (Lipinski definition) is 7. The first-order chi connectivity index (χ1) is 12.4. The van der Waals surface area contributed by atoms with Crippen molar-refractivity contribution in [2.24, 2.45) is 7.05 Å². The maximum Gasteiger partial charge on any atom is 0.348 e. The van der Waals surface area contributed by atoms with Gasteiger partial charge in [0.05, 0.1) is 30.5 Å². The smallest absolute Gasteiger partial charge is 0.348 e. The third-order valence-corrected chi connectivity index (χ3v) is 4.63. The Kier molecular flexibility index (Phi) is 6.51. The molecule has 0 bridgehead atoms. The molecule has 0 aliphatic rings. The van der Waals surface area contributed by atoms with E-state index in [9.17, 15) is 14.4 Å². The van der Waals surface area contributed by atoms with Crippen LogP contribution in [0.1, 0.15) is 56.2 Å². The standard InChI is InChI=1S/C17H21N3O5S/c1-5-7-25-16(22)12-10(3)13(17(23)24-6-2)26-15(12)19-14(21)11-8-18-20(4)9-11/h8-9H,5-7H2,1-4H3,(H,19,21). The van der Waals surface area contributed by atoms with Crippen LogP contribution in [0.4, 0.5) is 5.00 Å². The molecule has 2 heterocycles. The third-order valence-electron chi connectivity index (χ3n) is 3.44. The van der Waals surface area contributed by atoms with E-state index in [4.69, 9.17) is 9.47 Å². The maximum absolute atomic E-state index is 12.4. The van der Waals surface area contributed by atoms with Crippen LogP contribution >= 0.6 is 11.3 Å². The quantitative estimate of drug-likeness (QED) is 0.743. The van der Waals surface area contributed by atoms with Gasteiger partial charge in [0.15, 0.2) is 0 Å². The number of aryl methyl sites for hydroxylation is 1. The zero-order chi connectivity index (χ0) is 19.3. The Morgan fingerprint density at radius 2 is 1.96 bits per heavy atom. The Morgan fingerprint density at radius 3 is 2.54 bits per heavy atom. The highest BCUT2D eigenvalue weighted by Crippen LogP contribution is 2.34. The van der Waals surface area contributed by atoms with E-state index < -0.39 is 17.8 Å². The van der Waals surface area contributed by atoms with Crippen molar-refractivity contribution in [2.75, 3.05) is 18.5 Å². The van der Waals surface area contributed by atoms with Gasteiger partial charge in [-0.05, 0) is 25.8 Å². The van der Waals surface area contributed by atoms with E-state index in [0.717, 1.165) is 11.3 Å². The van der Waals surface area contributed by atoms with Crippen LogP contribution in [-0.4, -0.2) is 40.8 Å². The fourth-order valence-corrected chi connectivity index (χ4v) is 3.30. The number of esters is 2. The molecular formula is C17H21N3O5S. The molecule has 2 aromatic rings. The van der Waals surface area contributed by atoms with Gasteiger partial charge in [0.2, 0.25) is 0 Å². The molecule has 0 aliphatic heterocycles. The number of thiophene rings is 1. The Morgan fingerprint density at radius 1 is 1.23 bits per heavy atom. The maximum atomic E-state index is 12.4.